The number of amides is 3. The summed E-state index contributed by atoms with van der Waals surface area (Å²) >= 11 is 0. The molecule has 1 saturated heterocycles. The predicted octanol–water partition coefficient (Wildman–Crippen LogP) is 4.82. The molecule has 0 bridgehead atoms. The Kier molecular flexibility index (Phi) is 10.0. The van der Waals surface area contributed by atoms with Crippen molar-refractivity contribution in [2.75, 3.05) is 73.5 Å². The first-order valence-electron chi connectivity index (χ1n) is 13.3. The van der Waals surface area contributed by atoms with Gasteiger partial charge in [-0.05, 0) is 55.8 Å². The molecule has 1 fully saturated rings. The number of carbonyl (C=O) groups is 2. The first kappa shape index (κ1) is 27.8. The van der Waals surface area contributed by atoms with E-state index in [1.54, 1.807) is 13.2 Å². The quantitative estimate of drug-likeness (QED) is 0.307. The maximum atomic E-state index is 13.3. The van der Waals surface area contributed by atoms with Crippen LogP contribution in [0.3, 0.4) is 0 Å². The monoisotopic (exact) mass is 531 g/mol. The molecule has 9 heteroatoms. The Morgan fingerprint density at radius 3 is 2.21 bits per heavy atom. The highest BCUT2D eigenvalue weighted by atomic mass is 16.5. The molecule has 206 valence electrons. The fourth-order valence-electron chi connectivity index (χ4n) is 4.58. The summed E-state index contributed by atoms with van der Waals surface area (Å²) in [7, 11) is 1.68. The van der Waals surface area contributed by atoms with Gasteiger partial charge >= 0.3 is 6.03 Å². The van der Waals surface area contributed by atoms with Crippen molar-refractivity contribution in [3.8, 4) is 5.75 Å². The van der Waals surface area contributed by atoms with Gasteiger partial charge < -0.3 is 35.2 Å². The van der Waals surface area contributed by atoms with Gasteiger partial charge in [0.1, 0.15) is 5.75 Å². The van der Waals surface area contributed by atoms with Crippen molar-refractivity contribution < 1.29 is 19.1 Å². The third-order valence-electron chi connectivity index (χ3n) is 6.53. The molecule has 3 amide bonds. The second-order valence-corrected chi connectivity index (χ2v) is 9.13. The summed E-state index contributed by atoms with van der Waals surface area (Å²) in [5.74, 6) is 0.669. The molecule has 1 aliphatic rings. The number of nitrogens with zero attached hydrogens (tertiary/aromatic N) is 2. The smallest absolute Gasteiger partial charge is 0.323 e. The zero-order valence-electron chi connectivity index (χ0n) is 22.6. The van der Waals surface area contributed by atoms with Crippen molar-refractivity contribution in [2.45, 2.75) is 13.3 Å². The molecule has 0 aromatic heterocycles. The third-order valence-corrected chi connectivity index (χ3v) is 6.53. The average molecular weight is 532 g/mol. The van der Waals surface area contributed by atoms with Gasteiger partial charge in [-0.3, -0.25) is 4.79 Å². The summed E-state index contributed by atoms with van der Waals surface area (Å²) in [6.45, 7) is 6.75. The maximum Gasteiger partial charge on any atom is 0.323 e. The number of urea groups is 1. The van der Waals surface area contributed by atoms with Crippen LogP contribution in [0.1, 0.15) is 23.7 Å². The van der Waals surface area contributed by atoms with E-state index in [9.17, 15) is 9.59 Å². The molecule has 0 aliphatic carbocycles. The Bertz CT molecular complexity index is 1230. The Hall–Kier alpha value is -4.24. The number of carbonyl (C=O) groups excluding carboxylic acids is 2. The van der Waals surface area contributed by atoms with Crippen LogP contribution < -0.4 is 30.5 Å². The van der Waals surface area contributed by atoms with Crippen molar-refractivity contribution in [1.29, 1.82) is 0 Å². The van der Waals surface area contributed by atoms with Crippen LogP contribution in [-0.2, 0) is 4.74 Å². The van der Waals surface area contributed by atoms with Crippen LogP contribution in [0, 0.1) is 0 Å². The molecule has 4 rings (SSSR count). The fraction of sp³-hybridized carbons (Fsp3) is 0.333. The molecule has 1 aliphatic heterocycles. The van der Waals surface area contributed by atoms with Gasteiger partial charge in [0.2, 0.25) is 0 Å². The number of methoxy groups -OCH3 is 1. The van der Waals surface area contributed by atoms with Gasteiger partial charge in [-0.1, -0.05) is 30.3 Å². The summed E-state index contributed by atoms with van der Waals surface area (Å²) in [4.78, 5) is 30.4. The van der Waals surface area contributed by atoms with Crippen molar-refractivity contribution in [3.63, 3.8) is 0 Å². The molecular weight excluding hydrogens is 494 g/mol. The molecule has 0 spiro atoms. The first-order valence-corrected chi connectivity index (χ1v) is 13.3. The van der Waals surface area contributed by atoms with Crippen LogP contribution in [0.5, 0.6) is 5.75 Å². The van der Waals surface area contributed by atoms with Gasteiger partial charge in [0.25, 0.3) is 5.91 Å². The number of piperazine rings is 1. The highest BCUT2D eigenvalue weighted by molar-refractivity contribution is 6.04. The number of benzene rings is 3. The summed E-state index contributed by atoms with van der Waals surface area (Å²) in [5.41, 5.74) is 3.66. The minimum atomic E-state index is -0.373. The zero-order valence-corrected chi connectivity index (χ0v) is 22.6. The molecule has 0 radical (unpaired) electrons. The van der Waals surface area contributed by atoms with E-state index in [1.165, 1.54) is 0 Å². The molecular formula is C30H37N5O4. The largest absolute Gasteiger partial charge is 0.495 e. The van der Waals surface area contributed by atoms with E-state index >= 15 is 0 Å². The lowest BCUT2D eigenvalue weighted by Gasteiger charge is -2.38. The normalized spacial score (nSPS) is 13.1. The minimum Gasteiger partial charge on any atom is -0.495 e. The average Bonchev–Trinajstić information content (AvgIpc) is 2.97. The fourth-order valence-corrected chi connectivity index (χ4v) is 4.58. The van der Waals surface area contributed by atoms with E-state index in [1.807, 2.05) is 67.6 Å². The molecule has 39 heavy (non-hydrogen) atoms. The van der Waals surface area contributed by atoms with Gasteiger partial charge in [-0.15, -0.1) is 0 Å². The standard InChI is InChI=1S/C30H37N5O4/c1-3-39-21-9-16-31-29(36)25-22-24(33-30(37)32-23-10-5-4-6-11-23)14-15-26(25)34-17-19-35(20-18-34)27-12-7-8-13-28(27)38-2/h4-8,10-15,22H,3,9,16-21H2,1-2H3,(H,31,36)(H2,32,33,37). The van der Waals surface area contributed by atoms with Crippen molar-refractivity contribution in [3.05, 3.63) is 78.4 Å². The SMILES string of the molecule is CCOCCCNC(=O)c1cc(NC(=O)Nc2ccccc2)ccc1N1CCN(c2ccccc2OC)CC1. The minimum absolute atomic E-state index is 0.180. The van der Waals surface area contributed by atoms with Gasteiger partial charge in [-0.2, -0.15) is 0 Å². The lowest BCUT2D eigenvalue weighted by molar-refractivity contribution is 0.0944. The Morgan fingerprint density at radius 2 is 1.49 bits per heavy atom. The Morgan fingerprint density at radius 1 is 0.821 bits per heavy atom. The highest BCUT2D eigenvalue weighted by Crippen LogP contribution is 2.31. The molecule has 3 N–H and O–H groups in total. The Labute approximate surface area is 230 Å². The van der Waals surface area contributed by atoms with Crippen molar-refractivity contribution in [2.24, 2.45) is 0 Å². The molecule has 0 atom stereocenters. The number of anilines is 4. The van der Waals surface area contributed by atoms with Crippen LogP contribution in [-0.4, -0.2) is 65.0 Å². The van der Waals surface area contributed by atoms with Gasteiger partial charge in [0.15, 0.2) is 0 Å². The van der Waals surface area contributed by atoms with E-state index in [0.29, 0.717) is 36.7 Å². The third kappa shape index (κ3) is 7.64. The summed E-state index contributed by atoms with van der Waals surface area (Å²) in [6, 6.07) is 22.3. The first-order chi connectivity index (χ1) is 19.1. The van der Waals surface area contributed by atoms with Gasteiger partial charge in [0, 0.05) is 63.0 Å². The Balaban J connectivity index is 1.48. The molecule has 0 unspecified atom stereocenters. The maximum absolute atomic E-state index is 13.3. The summed E-state index contributed by atoms with van der Waals surface area (Å²) in [6.07, 6.45) is 0.726. The second kappa shape index (κ2) is 14.1. The van der Waals surface area contributed by atoms with E-state index in [-0.39, 0.29) is 11.9 Å². The molecule has 3 aromatic carbocycles. The number of hydrogen-bond acceptors (Lipinski definition) is 6. The number of rotatable bonds is 11. The number of nitrogens with one attached hydrogen (secondary N) is 3. The summed E-state index contributed by atoms with van der Waals surface area (Å²) in [5, 5.41) is 8.67. The van der Waals surface area contributed by atoms with Crippen molar-refractivity contribution >= 4 is 34.7 Å². The van der Waals surface area contributed by atoms with Gasteiger partial charge in [-0.25, -0.2) is 4.79 Å². The predicted molar refractivity (Wildman–Crippen MR) is 156 cm³/mol. The topological polar surface area (TPSA) is 95.2 Å². The van der Waals surface area contributed by atoms with E-state index < -0.39 is 0 Å². The molecule has 9 nitrogen and oxygen atoms in total. The zero-order chi connectivity index (χ0) is 27.5. The lowest BCUT2D eigenvalue weighted by atomic mass is 10.1. The number of para-hydroxylation sites is 3. The van der Waals surface area contributed by atoms with Crippen molar-refractivity contribution in [1.82, 2.24) is 5.32 Å². The second-order valence-electron chi connectivity index (χ2n) is 9.13. The molecule has 0 saturated carbocycles. The molecule has 3 aromatic rings. The number of ether oxygens (including phenoxy) is 2. The van der Waals surface area contributed by atoms with Crippen LogP contribution in [0.2, 0.25) is 0 Å². The summed E-state index contributed by atoms with van der Waals surface area (Å²) < 4.78 is 10.9. The van der Waals surface area contributed by atoms with Gasteiger partial charge in [0.05, 0.1) is 18.4 Å². The van der Waals surface area contributed by atoms with E-state index in [0.717, 1.165) is 49.7 Å². The van der Waals surface area contributed by atoms with Crippen LogP contribution in [0.4, 0.5) is 27.5 Å². The van der Waals surface area contributed by atoms with E-state index in [4.69, 9.17) is 9.47 Å². The molecule has 1 heterocycles. The van der Waals surface area contributed by atoms with Crippen LogP contribution in [0.15, 0.2) is 72.8 Å². The highest BCUT2D eigenvalue weighted by Gasteiger charge is 2.24. The number of hydrogen-bond donors (Lipinski definition) is 3. The lowest BCUT2D eigenvalue weighted by Crippen LogP contribution is -2.47. The van der Waals surface area contributed by atoms with Crippen LogP contribution >= 0.6 is 0 Å². The van der Waals surface area contributed by atoms with Crippen LogP contribution in [0.25, 0.3) is 0 Å². The van der Waals surface area contributed by atoms with E-state index in [2.05, 4.69) is 31.8 Å².